The van der Waals surface area contributed by atoms with Crippen LogP contribution in [0.15, 0.2) is 51.6 Å². The molecular formula is C16H18BrNO. The summed E-state index contributed by atoms with van der Waals surface area (Å²) in [6.07, 6.45) is 5.60. The molecule has 0 bridgehead atoms. The summed E-state index contributed by atoms with van der Waals surface area (Å²) in [7, 11) is 0. The third-order valence-corrected chi connectivity index (χ3v) is 4.34. The first kappa shape index (κ1) is 12.9. The Morgan fingerprint density at radius 3 is 2.74 bits per heavy atom. The molecule has 0 radical (unpaired) electrons. The highest BCUT2D eigenvalue weighted by atomic mass is 79.9. The van der Waals surface area contributed by atoms with Crippen LogP contribution < -0.4 is 0 Å². The number of likely N-dealkylation sites (tertiary alicyclic amines) is 1. The minimum absolute atomic E-state index is 0.520. The van der Waals surface area contributed by atoms with E-state index in [-0.39, 0.29) is 0 Å². The van der Waals surface area contributed by atoms with Gasteiger partial charge < -0.3 is 4.42 Å². The number of halogens is 1. The standard InChI is InChI=1S/C16H18BrNO/c17-14-8-6-13(7-9-14)16-5-1-2-10-18(16)12-15-4-3-11-19-15/h3-4,6-9,11,16H,1-2,5,10,12H2. The van der Waals surface area contributed by atoms with Crippen LogP contribution in [0.1, 0.15) is 36.6 Å². The summed E-state index contributed by atoms with van der Waals surface area (Å²) in [5.41, 5.74) is 1.41. The summed E-state index contributed by atoms with van der Waals surface area (Å²) in [6, 6.07) is 13.3. The molecule has 1 fully saturated rings. The average molecular weight is 320 g/mol. The van der Waals surface area contributed by atoms with Gasteiger partial charge in [-0.1, -0.05) is 34.5 Å². The van der Waals surface area contributed by atoms with E-state index in [1.54, 1.807) is 6.26 Å². The summed E-state index contributed by atoms with van der Waals surface area (Å²) >= 11 is 3.50. The molecule has 0 amide bonds. The summed E-state index contributed by atoms with van der Waals surface area (Å²) in [5.74, 6) is 1.06. The lowest BCUT2D eigenvalue weighted by atomic mass is 9.95. The van der Waals surface area contributed by atoms with Gasteiger partial charge in [0.15, 0.2) is 0 Å². The molecule has 0 aliphatic carbocycles. The van der Waals surface area contributed by atoms with Crippen molar-refractivity contribution in [1.29, 1.82) is 0 Å². The maximum atomic E-state index is 5.49. The zero-order valence-corrected chi connectivity index (χ0v) is 12.5. The Balaban J connectivity index is 1.78. The number of furan rings is 1. The first-order valence-electron chi connectivity index (χ1n) is 6.85. The molecule has 0 saturated carbocycles. The van der Waals surface area contributed by atoms with E-state index in [1.807, 2.05) is 6.07 Å². The van der Waals surface area contributed by atoms with Gasteiger partial charge in [-0.2, -0.15) is 0 Å². The van der Waals surface area contributed by atoms with Crippen molar-refractivity contribution in [2.24, 2.45) is 0 Å². The molecule has 1 aliphatic rings. The van der Waals surface area contributed by atoms with Crippen molar-refractivity contribution in [2.75, 3.05) is 6.54 Å². The van der Waals surface area contributed by atoms with Gasteiger partial charge in [-0.3, -0.25) is 4.90 Å². The van der Waals surface area contributed by atoms with Crippen molar-refractivity contribution in [3.05, 3.63) is 58.5 Å². The Morgan fingerprint density at radius 1 is 1.16 bits per heavy atom. The maximum absolute atomic E-state index is 5.49. The normalized spacial score (nSPS) is 20.6. The average Bonchev–Trinajstić information content (AvgIpc) is 2.93. The summed E-state index contributed by atoms with van der Waals surface area (Å²) in [6.45, 7) is 2.06. The van der Waals surface area contributed by atoms with E-state index < -0.39 is 0 Å². The zero-order valence-electron chi connectivity index (χ0n) is 10.9. The van der Waals surface area contributed by atoms with Crippen molar-refractivity contribution in [1.82, 2.24) is 4.90 Å². The molecule has 1 atom stereocenters. The Kier molecular flexibility index (Phi) is 4.04. The predicted octanol–water partition coefficient (Wildman–Crippen LogP) is 4.77. The van der Waals surface area contributed by atoms with E-state index in [9.17, 15) is 0 Å². The fourth-order valence-electron chi connectivity index (χ4n) is 2.85. The van der Waals surface area contributed by atoms with Crippen LogP contribution in [0, 0.1) is 0 Å². The second kappa shape index (κ2) is 5.93. The van der Waals surface area contributed by atoms with E-state index in [2.05, 4.69) is 51.2 Å². The van der Waals surface area contributed by atoms with Crippen molar-refractivity contribution < 1.29 is 4.42 Å². The van der Waals surface area contributed by atoms with Gasteiger partial charge in [0.2, 0.25) is 0 Å². The van der Waals surface area contributed by atoms with Crippen molar-refractivity contribution in [3.63, 3.8) is 0 Å². The van der Waals surface area contributed by atoms with E-state index in [0.29, 0.717) is 6.04 Å². The Bertz CT molecular complexity index is 506. The van der Waals surface area contributed by atoms with Crippen molar-refractivity contribution in [3.8, 4) is 0 Å². The molecule has 2 aromatic rings. The van der Waals surface area contributed by atoms with Gasteiger partial charge in [0, 0.05) is 10.5 Å². The molecule has 1 saturated heterocycles. The smallest absolute Gasteiger partial charge is 0.117 e. The zero-order chi connectivity index (χ0) is 13.1. The second-order valence-electron chi connectivity index (χ2n) is 5.11. The fraction of sp³-hybridized carbons (Fsp3) is 0.375. The third kappa shape index (κ3) is 3.10. The number of hydrogen-bond acceptors (Lipinski definition) is 2. The maximum Gasteiger partial charge on any atom is 0.117 e. The molecule has 1 aliphatic heterocycles. The molecule has 19 heavy (non-hydrogen) atoms. The van der Waals surface area contributed by atoms with Crippen molar-refractivity contribution in [2.45, 2.75) is 31.8 Å². The summed E-state index contributed by atoms with van der Waals surface area (Å²) in [4.78, 5) is 2.53. The lowest BCUT2D eigenvalue weighted by molar-refractivity contribution is 0.130. The van der Waals surface area contributed by atoms with Gasteiger partial charge in [0.25, 0.3) is 0 Å². The monoisotopic (exact) mass is 319 g/mol. The number of hydrogen-bond donors (Lipinski definition) is 0. The highest BCUT2D eigenvalue weighted by Gasteiger charge is 2.24. The second-order valence-corrected chi connectivity index (χ2v) is 6.03. The highest BCUT2D eigenvalue weighted by Crippen LogP contribution is 2.32. The van der Waals surface area contributed by atoms with E-state index in [4.69, 9.17) is 4.42 Å². The predicted molar refractivity (Wildman–Crippen MR) is 79.9 cm³/mol. The summed E-state index contributed by atoms with van der Waals surface area (Å²) in [5, 5.41) is 0. The Labute approximate surface area is 122 Å². The lowest BCUT2D eigenvalue weighted by Gasteiger charge is -2.35. The molecule has 1 unspecified atom stereocenters. The molecular weight excluding hydrogens is 302 g/mol. The molecule has 1 aromatic heterocycles. The fourth-order valence-corrected chi connectivity index (χ4v) is 3.11. The lowest BCUT2D eigenvalue weighted by Crippen LogP contribution is -2.32. The minimum atomic E-state index is 0.520. The number of benzene rings is 1. The van der Waals surface area contributed by atoms with Gasteiger partial charge >= 0.3 is 0 Å². The molecule has 2 heterocycles. The largest absolute Gasteiger partial charge is 0.468 e. The van der Waals surface area contributed by atoms with Gasteiger partial charge in [-0.25, -0.2) is 0 Å². The molecule has 0 spiro atoms. The summed E-state index contributed by atoms with van der Waals surface area (Å²) < 4.78 is 6.63. The van der Waals surface area contributed by atoms with Gasteiger partial charge in [0.1, 0.15) is 5.76 Å². The van der Waals surface area contributed by atoms with Crippen molar-refractivity contribution >= 4 is 15.9 Å². The van der Waals surface area contributed by atoms with Crippen LogP contribution in [-0.4, -0.2) is 11.4 Å². The highest BCUT2D eigenvalue weighted by molar-refractivity contribution is 9.10. The topological polar surface area (TPSA) is 16.4 Å². The molecule has 3 heteroatoms. The van der Waals surface area contributed by atoms with Gasteiger partial charge in [0.05, 0.1) is 12.8 Å². The Morgan fingerprint density at radius 2 is 2.00 bits per heavy atom. The third-order valence-electron chi connectivity index (χ3n) is 3.81. The van der Waals surface area contributed by atoms with Crippen LogP contribution in [0.3, 0.4) is 0 Å². The number of rotatable bonds is 3. The van der Waals surface area contributed by atoms with Crippen LogP contribution in [0.2, 0.25) is 0 Å². The van der Waals surface area contributed by atoms with E-state index >= 15 is 0 Å². The van der Waals surface area contributed by atoms with Crippen LogP contribution in [0.25, 0.3) is 0 Å². The van der Waals surface area contributed by atoms with Crippen LogP contribution in [0.4, 0.5) is 0 Å². The van der Waals surface area contributed by atoms with E-state index in [0.717, 1.165) is 23.3 Å². The first-order chi connectivity index (χ1) is 9.33. The van der Waals surface area contributed by atoms with Gasteiger partial charge in [-0.05, 0) is 49.2 Å². The minimum Gasteiger partial charge on any atom is -0.468 e. The van der Waals surface area contributed by atoms with E-state index in [1.165, 1.54) is 24.8 Å². The molecule has 3 rings (SSSR count). The molecule has 100 valence electrons. The SMILES string of the molecule is Brc1ccc(C2CCCCN2Cc2ccco2)cc1. The molecule has 2 nitrogen and oxygen atoms in total. The number of piperidine rings is 1. The Hall–Kier alpha value is -1.06. The first-order valence-corrected chi connectivity index (χ1v) is 7.64. The van der Waals surface area contributed by atoms with Crippen LogP contribution in [-0.2, 0) is 6.54 Å². The molecule has 0 N–H and O–H groups in total. The number of nitrogens with zero attached hydrogens (tertiary/aromatic N) is 1. The molecule has 1 aromatic carbocycles. The van der Waals surface area contributed by atoms with Gasteiger partial charge in [-0.15, -0.1) is 0 Å². The van der Waals surface area contributed by atoms with Crippen LogP contribution in [0.5, 0.6) is 0 Å². The quantitative estimate of drug-likeness (QED) is 0.810. The van der Waals surface area contributed by atoms with Crippen LogP contribution >= 0.6 is 15.9 Å².